The standard InChI is InChI=1S/C24H16BrClN2O/c1-16-6-8-18(9-7-16)21(14-28)10-17-11-22(25)24(23(26)12-17)29-15-20-5-3-2-4-19(20)13-27/h2-12H,15H2,1H3/b21-10-. The minimum atomic E-state index is 0.226. The summed E-state index contributed by atoms with van der Waals surface area (Å²) in [4.78, 5) is 0. The second-order valence-electron chi connectivity index (χ2n) is 6.41. The molecule has 0 saturated heterocycles. The molecule has 0 unspecified atom stereocenters. The Kier molecular flexibility index (Phi) is 6.73. The highest BCUT2D eigenvalue weighted by Crippen LogP contribution is 2.36. The number of hydrogen-bond donors (Lipinski definition) is 0. The number of nitriles is 2. The van der Waals surface area contributed by atoms with Gasteiger partial charge in [-0.1, -0.05) is 59.6 Å². The van der Waals surface area contributed by atoms with E-state index in [-0.39, 0.29) is 6.61 Å². The van der Waals surface area contributed by atoms with Crippen molar-refractivity contribution >= 4 is 39.2 Å². The fourth-order valence-electron chi connectivity index (χ4n) is 2.79. The van der Waals surface area contributed by atoms with Crippen molar-refractivity contribution in [3.8, 4) is 17.9 Å². The van der Waals surface area contributed by atoms with Crippen molar-refractivity contribution in [3.63, 3.8) is 0 Å². The molecule has 0 spiro atoms. The van der Waals surface area contributed by atoms with Crippen molar-refractivity contribution in [1.29, 1.82) is 10.5 Å². The smallest absolute Gasteiger partial charge is 0.152 e. The molecule has 3 nitrogen and oxygen atoms in total. The molecule has 5 heteroatoms. The first-order valence-corrected chi connectivity index (χ1v) is 9.97. The van der Waals surface area contributed by atoms with Gasteiger partial charge in [0, 0.05) is 5.56 Å². The van der Waals surface area contributed by atoms with Gasteiger partial charge in [0.25, 0.3) is 0 Å². The number of allylic oxidation sites excluding steroid dienone is 1. The maximum atomic E-state index is 9.55. The second kappa shape index (κ2) is 9.43. The quantitative estimate of drug-likeness (QED) is 0.304. The Morgan fingerprint density at radius 1 is 1.10 bits per heavy atom. The molecule has 0 amide bonds. The molecule has 0 aliphatic rings. The Morgan fingerprint density at radius 2 is 1.83 bits per heavy atom. The van der Waals surface area contributed by atoms with Crippen molar-refractivity contribution in [3.05, 3.63) is 98.0 Å². The third kappa shape index (κ3) is 5.06. The molecule has 3 aromatic rings. The number of nitrogens with zero attached hydrogens (tertiary/aromatic N) is 2. The molecule has 0 N–H and O–H groups in total. The molecule has 0 fully saturated rings. The number of ether oxygens (including phenoxy) is 1. The van der Waals surface area contributed by atoms with Gasteiger partial charge in [-0.3, -0.25) is 0 Å². The number of hydrogen-bond acceptors (Lipinski definition) is 3. The molecule has 0 atom stereocenters. The zero-order chi connectivity index (χ0) is 20.8. The Morgan fingerprint density at radius 3 is 2.48 bits per heavy atom. The molecule has 29 heavy (non-hydrogen) atoms. The normalized spacial score (nSPS) is 10.9. The van der Waals surface area contributed by atoms with Crippen molar-refractivity contribution < 1.29 is 4.74 Å². The lowest BCUT2D eigenvalue weighted by Crippen LogP contribution is -1.99. The average Bonchev–Trinajstić information content (AvgIpc) is 2.72. The van der Waals surface area contributed by atoms with Gasteiger partial charge in [0.15, 0.2) is 5.75 Å². The van der Waals surface area contributed by atoms with Gasteiger partial charge >= 0.3 is 0 Å². The molecule has 0 radical (unpaired) electrons. The molecule has 3 rings (SSSR count). The molecular weight excluding hydrogens is 448 g/mol. The van der Waals surface area contributed by atoms with Gasteiger partial charge in [0.2, 0.25) is 0 Å². The lowest BCUT2D eigenvalue weighted by molar-refractivity contribution is 0.304. The van der Waals surface area contributed by atoms with E-state index in [0.29, 0.717) is 26.4 Å². The first kappa shape index (κ1) is 20.7. The van der Waals surface area contributed by atoms with Gasteiger partial charge in [-0.05, 0) is 58.3 Å². The molecule has 3 aromatic carbocycles. The summed E-state index contributed by atoms with van der Waals surface area (Å²) in [6.45, 7) is 2.23. The van der Waals surface area contributed by atoms with Crippen LogP contribution in [0.4, 0.5) is 0 Å². The number of rotatable bonds is 5. The summed E-state index contributed by atoms with van der Waals surface area (Å²) >= 11 is 9.93. The topological polar surface area (TPSA) is 56.8 Å². The van der Waals surface area contributed by atoms with E-state index in [1.54, 1.807) is 18.2 Å². The Bertz CT molecular complexity index is 1130. The molecule has 0 bridgehead atoms. The van der Waals surface area contributed by atoms with Gasteiger partial charge in [0.05, 0.1) is 32.8 Å². The van der Waals surface area contributed by atoms with Gasteiger partial charge in [-0.15, -0.1) is 0 Å². The van der Waals surface area contributed by atoms with E-state index in [9.17, 15) is 10.5 Å². The highest BCUT2D eigenvalue weighted by atomic mass is 79.9. The molecule has 0 aromatic heterocycles. The first-order valence-electron chi connectivity index (χ1n) is 8.80. The highest BCUT2D eigenvalue weighted by molar-refractivity contribution is 9.10. The third-order valence-electron chi connectivity index (χ3n) is 4.32. The summed E-state index contributed by atoms with van der Waals surface area (Å²) in [5, 5.41) is 19.2. The van der Waals surface area contributed by atoms with Crippen LogP contribution in [0.3, 0.4) is 0 Å². The minimum absolute atomic E-state index is 0.226. The number of aryl methyl sites for hydroxylation is 1. The van der Waals surface area contributed by atoms with Crippen LogP contribution in [0.15, 0.2) is 65.1 Å². The third-order valence-corrected chi connectivity index (χ3v) is 5.19. The van der Waals surface area contributed by atoms with Crippen LogP contribution in [-0.2, 0) is 6.61 Å². The Labute approximate surface area is 183 Å². The van der Waals surface area contributed by atoms with Crippen LogP contribution in [0.2, 0.25) is 5.02 Å². The molecule has 0 heterocycles. The predicted octanol–water partition coefficient (Wildman–Crippen LogP) is 6.93. The summed E-state index contributed by atoms with van der Waals surface area (Å²) in [6.07, 6.45) is 1.79. The van der Waals surface area contributed by atoms with Gasteiger partial charge in [0.1, 0.15) is 6.61 Å². The first-order chi connectivity index (χ1) is 14.0. The van der Waals surface area contributed by atoms with E-state index in [1.807, 2.05) is 55.5 Å². The van der Waals surface area contributed by atoms with Crippen LogP contribution in [0.5, 0.6) is 5.75 Å². The Hall–Kier alpha value is -3.05. The van der Waals surface area contributed by atoms with Crippen LogP contribution in [0.25, 0.3) is 11.6 Å². The van der Waals surface area contributed by atoms with Gasteiger partial charge in [-0.2, -0.15) is 10.5 Å². The largest absolute Gasteiger partial charge is 0.486 e. The molecule has 0 aliphatic carbocycles. The van der Waals surface area contributed by atoms with Crippen molar-refractivity contribution in [2.45, 2.75) is 13.5 Å². The molecule has 142 valence electrons. The van der Waals surface area contributed by atoms with Crippen LogP contribution >= 0.6 is 27.5 Å². The zero-order valence-electron chi connectivity index (χ0n) is 15.6. The zero-order valence-corrected chi connectivity index (χ0v) is 18.0. The van der Waals surface area contributed by atoms with Crippen LogP contribution in [-0.4, -0.2) is 0 Å². The number of halogens is 2. The number of benzene rings is 3. The summed E-state index contributed by atoms with van der Waals surface area (Å²) in [6, 6.07) is 23.0. The maximum Gasteiger partial charge on any atom is 0.152 e. The molecular formula is C24H16BrClN2O. The highest BCUT2D eigenvalue weighted by Gasteiger charge is 2.11. The minimum Gasteiger partial charge on any atom is -0.486 e. The van der Waals surface area contributed by atoms with Gasteiger partial charge < -0.3 is 4.74 Å². The maximum absolute atomic E-state index is 9.55. The van der Waals surface area contributed by atoms with E-state index in [2.05, 4.69) is 28.1 Å². The summed E-state index contributed by atoms with van der Waals surface area (Å²) < 4.78 is 6.54. The van der Waals surface area contributed by atoms with E-state index < -0.39 is 0 Å². The van der Waals surface area contributed by atoms with Crippen LogP contribution in [0, 0.1) is 29.6 Å². The van der Waals surface area contributed by atoms with Crippen molar-refractivity contribution in [1.82, 2.24) is 0 Å². The lowest BCUT2D eigenvalue weighted by Gasteiger charge is -2.12. The second-order valence-corrected chi connectivity index (χ2v) is 7.67. The SMILES string of the molecule is Cc1ccc(/C(C#N)=C\c2cc(Cl)c(OCc3ccccc3C#N)c(Br)c2)cc1. The van der Waals surface area contributed by atoms with Crippen LogP contribution in [0.1, 0.15) is 27.8 Å². The summed E-state index contributed by atoms with van der Waals surface area (Å²) in [5.41, 5.74) is 4.66. The van der Waals surface area contributed by atoms with E-state index in [1.165, 1.54) is 0 Å². The van der Waals surface area contributed by atoms with Crippen molar-refractivity contribution in [2.24, 2.45) is 0 Å². The van der Waals surface area contributed by atoms with Gasteiger partial charge in [-0.25, -0.2) is 0 Å². The van der Waals surface area contributed by atoms with Crippen LogP contribution < -0.4 is 4.74 Å². The monoisotopic (exact) mass is 462 g/mol. The molecule has 0 aliphatic heterocycles. The molecule has 0 saturated carbocycles. The fourth-order valence-corrected chi connectivity index (χ4v) is 3.77. The summed E-state index contributed by atoms with van der Waals surface area (Å²) in [5.74, 6) is 0.491. The van der Waals surface area contributed by atoms with Crippen molar-refractivity contribution in [2.75, 3.05) is 0 Å². The lowest BCUT2D eigenvalue weighted by atomic mass is 10.0. The van der Waals surface area contributed by atoms with E-state index in [4.69, 9.17) is 16.3 Å². The fraction of sp³-hybridized carbons (Fsp3) is 0.0833. The average molecular weight is 464 g/mol. The van der Waals surface area contributed by atoms with E-state index >= 15 is 0 Å². The summed E-state index contributed by atoms with van der Waals surface area (Å²) in [7, 11) is 0. The predicted molar refractivity (Wildman–Crippen MR) is 119 cm³/mol. The van der Waals surface area contributed by atoms with E-state index in [0.717, 1.165) is 22.3 Å². The Balaban J connectivity index is 1.86.